The molecule has 0 unspecified atom stereocenters. The number of carbonyl (C=O) groups excluding carboxylic acids is 2. The Morgan fingerprint density at radius 1 is 1.09 bits per heavy atom. The summed E-state index contributed by atoms with van der Waals surface area (Å²) in [5.74, 6) is 0.112. The molecule has 0 aliphatic heterocycles. The van der Waals surface area contributed by atoms with Crippen molar-refractivity contribution in [3.63, 3.8) is 0 Å². The number of hydrogen-bond acceptors (Lipinski definition) is 6. The highest BCUT2D eigenvalue weighted by Crippen LogP contribution is 2.23. The van der Waals surface area contributed by atoms with Crippen molar-refractivity contribution in [1.82, 2.24) is 15.6 Å². The van der Waals surface area contributed by atoms with Crippen molar-refractivity contribution >= 4 is 23.4 Å². The maximum absolute atomic E-state index is 12.8. The van der Waals surface area contributed by atoms with Crippen LogP contribution in [0.3, 0.4) is 0 Å². The summed E-state index contributed by atoms with van der Waals surface area (Å²) in [7, 11) is 1.50. The second kappa shape index (κ2) is 11.5. The Balaban J connectivity index is 1.68. The molecule has 3 rings (SSSR count). The summed E-state index contributed by atoms with van der Waals surface area (Å²) in [5.41, 5.74) is 2.25. The Morgan fingerprint density at radius 3 is 2.61 bits per heavy atom. The molecule has 8 nitrogen and oxygen atoms in total. The maximum Gasteiger partial charge on any atom is 0.257 e. The highest BCUT2D eigenvalue weighted by molar-refractivity contribution is 6.31. The Bertz CT molecular complexity index is 1180. The van der Waals surface area contributed by atoms with Gasteiger partial charge in [-0.25, -0.2) is 0 Å². The fourth-order valence-electron chi connectivity index (χ4n) is 2.82. The third-order valence-electron chi connectivity index (χ3n) is 4.56. The number of nitrogens with zero attached hydrogens (tertiary/aromatic N) is 2. The van der Waals surface area contributed by atoms with Crippen LogP contribution in [0.5, 0.6) is 11.5 Å². The van der Waals surface area contributed by atoms with Gasteiger partial charge in [0.15, 0.2) is 6.61 Å². The van der Waals surface area contributed by atoms with Crippen molar-refractivity contribution in [2.45, 2.75) is 13.2 Å². The molecule has 0 saturated heterocycles. The Labute approximate surface area is 196 Å². The highest BCUT2D eigenvalue weighted by atomic mass is 35.5. The monoisotopic (exact) mass is 464 g/mol. The standard InChI is InChI=1S/C24H21ClN4O4/c1-27-23(30)15-33-22-8-17(12-26)2-3-18(22)13-29-24(31)19-9-20(25)11-21(10-19)32-14-16-4-6-28-7-5-16/h2-11H,13-15H2,1H3,(H,27,30)(H,29,31). The Hall–Kier alpha value is -4.09. The fourth-order valence-corrected chi connectivity index (χ4v) is 3.05. The molecule has 0 aliphatic rings. The van der Waals surface area contributed by atoms with Crippen molar-refractivity contribution in [2.24, 2.45) is 0 Å². The highest BCUT2D eigenvalue weighted by Gasteiger charge is 2.12. The van der Waals surface area contributed by atoms with Gasteiger partial charge >= 0.3 is 0 Å². The third kappa shape index (κ3) is 6.95. The first-order valence-electron chi connectivity index (χ1n) is 9.95. The fraction of sp³-hybridized carbons (Fsp3) is 0.167. The van der Waals surface area contributed by atoms with Crippen molar-refractivity contribution < 1.29 is 19.1 Å². The number of nitriles is 1. The minimum Gasteiger partial charge on any atom is -0.489 e. The number of likely N-dealkylation sites (N-methyl/N-ethyl adjacent to an activating group) is 1. The van der Waals surface area contributed by atoms with Crippen molar-refractivity contribution in [2.75, 3.05) is 13.7 Å². The van der Waals surface area contributed by atoms with Crippen LogP contribution in [-0.4, -0.2) is 30.5 Å². The summed E-state index contributed by atoms with van der Waals surface area (Å²) in [6.07, 6.45) is 3.34. The lowest BCUT2D eigenvalue weighted by Crippen LogP contribution is -2.26. The van der Waals surface area contributed by atoms with Gasteiger partial charge in [-0.3, -0.25) is 14.6 Å². The van der Waals surface area contributed by atoms with Gasteiger partial charge in [-0.05, 0) is 48.0 Å². The molecule has 2 N–H and O–H groups in total. The quantitative estimate of drug-likeness (QED) is 0.502. The number of pyridine rings is 1. The SMILES string of the molecule is CNC(=O)COc1cc(C#N)ccc1CNC(=O)c1cc(Cl)cc(OCc2ccncc2)c1. The molecule has 168 valence electrons. The third-order valence-corrected chi connectivity index (χ3v) is 4.78. The average Bonchev–Trinajstić information content (AvgIpc) is 2.85. The molecular weight excluding hydrogens is 444 g/mol. The van der Waals surface area contributed by atoms with Crippen LogP contribution >= 0.6 is 11.6 Å². The van der Waals surface area contributed by atoms with Crippen LogP contribution in [0.1, 0.15) is 27.0 Å². The first kappa shape index (κ1) is 23.6. The Kier molecular flexibility index (Phi) is 8.22. The summed E-state index contributed by atoms with van der Waals surface area (Å²) in [6.45, 7) is 0.216. The van der Waals surface area contributed by atoms with Crippen molar-refractivity contribution in [3.05, 3.63) is 88.2 Å². The van der Waals surface area contributed by atoms with Gasteiger partial charge < -0.3 is 20.1 Å². The minimum atomic E-state index is -0.368. The average molecular weight is 465 g/mol. The molecule has 0 aliphatic carbocycles. The summed E-state index contributed by atoms with van der Waals surface area (Å²) >= 11 is 6.18. The molecule has 1 aromatic heterocycles. The predicted molar refractivity (Wildman–Crippen MR) is 122 cm³/mol. The number of amides is 2. The van der Waals surface area contributed by atoms with Crippen LogP contribution in [0.2, 0.25) is 5.02 Å². The number of rotatable bonds is 9. The first-order valence-corrected chi connectivity index (χ1v) is 10.3. The molecule has 0 saturated carbocycles. The number of aromatic nitrogens is 1. The smallest absolute Gasteiger partial charge is 0.257 e. The molecule has 0 spiro atoms. The van der Waals surface area contributed by atoms with Gasteiger partial charge in [-0.15, -0.1) is 0 Å². The van der Waals surface area contributed by atoms with E-state index in [1.165, 1.54) is 19.2 Å². The van der Waals surface area contributed by atoms with Crippen LogP contribution in [0.25, 0.3) is 0 Å². The maximum atomic E-state index is 12.8. The predicted octanol–water partition coefficient (Wildman–Crippen LogP) is 3.24. The van der Waals surface area contributed by atoms with Gasteiger partial charge in [-0.1, -0.05) is 17.7 Å². The summed E-state index contributed by atoms with van der Waals surface area (Å²) < 4.78 is 11.3. The molecular formula is C24H21ClN4O4. The number of carbonyl (C=O) groups is 2. The number of hydrogen-bond donors (Lipinski definition) is 2. The van der Waals surface area contributed by atoms with E-state index < -0.39 is 0 Å². The molecule has 0 bridgehead atoms. The minimum absolute atomic E-state index is 0.118. The van der Waals surface area contributed by atoms with E-state index in [1.54, 1.807) is 36.7 Å². The van der Waals surface area contributed by atoms with E-state index >= 15 is 0 Å². The lowest BCUT2D eigenvalue weighted by Gasteiger charge is -2.13. The van der Waals surface area contributed by atoms with Crippen LogP contribution < -0.4 is 20.1 Å². The zero-order valence-electron chi connectivity index (χ0n) is 17.8. The van der Waals surface area contributed by atoms with E-state index in [0.29, 0.717) is 39.8 Å². The summed E-state index contributed by atoms with van der Waals surface area (Å²) in [4.78, 5) is 28.2. The summed E-state index contributed by atoms with van der Waals surface area (Å²) in [5, 5.41) is 14.7. The second-order valence-corrected chi connectivity index (χ2v) is 7.34. The van der Waals surface area contributed by atoms with E-state index in [2.05, 4.69) is 15.6 Å². The zero-order valence-corrected chi connectivity index (χ0v) is 18.6. The normalized spacial score (nSPS) is 10.1. The second-order valence-electron chi connectivity index (χ2n) is 6.90. The molecule has 1 heterocycles. The molecule has 0 atom stereocenters. The van der Waals surface area contributed by atoms with Gasteiger partial charge in [0.1, 0.15) is 18.1 Å². The molecule has 33 heavy (non-hydrogen) atoms. The first-order chi connectivity index (χ1) is 16.0. The van der Waals surface area contributed by atoms with Gasteiger partial charge in [0.2, 0.25) is 0 Å². The van der Waals surface area contributed by atoms with Gasteiger partial charge in [0, 0.05) is 42.1 Å². The van der Waals surface area contributed by atoms with E-state index in [0.717, 1.165) is 5.56 Å². The molecule has 0 fully saturated rings. The van der Waals surface area contributed by atoms with Crippen LogP contribution in [-0.2, 0) is 17.9 Å². The van der Waals surface area contributed by atoms with Gasteiger partial charge in [0.25, 0.3) is 11.8 Å². The lowest BCUT2D eigenvalue weighted by atomic mass is 10.1. The van der Waals surface area contributed by atoms with Crippen molar-refractivity contribution in [3.8, 4) is 17.6 Å². The number of nitrogens with one attached hydrogen (secondary N) is 2. The molecule has 3 aromatic rings. The molecule has 2 aromatic carbocycles. The van der Waals surface area contributed by atoms with E-state index in [4.69, 9.17) is 26.3 Å². The van der Waals surface area contributed by atoms with Crippen LogP contribution in [0.15, 0.2) is 60.9 Å². The lowest BCUT2D eigenvalue weighted by molar-refractivity contribution is -0.122. The van der Waals surface area contributed by atoms with E-state index in [-0.39, 0.29) is 25.0 Å². The van der Waals surface area contributed by atoms with Gasteiger partial charge in [0.05, 0.1) is 11.6 Å². The number of ether oxygens (including phenoxy) is 2. The zero-order chi connectivity index (χ0) is 23.6. The van der Waals surface area contributed by atoms with Gasteiger partial charge in [-0.2, -0.15) is 5.26 Å². The van der Waals surface area contributed by atoms with Crippen LogP contribution in [0.4, 0.5) is 0 Å². The van der Waals surface area contributed by atoms with E-state index in [9.17, 15) is 9.59 Å². The van der Waals surface area contributed by atoms with Crippen molar-refractivity contribution in [1.29, 1.82) is 5.26 Å². The molecule has 2 amide bonds. The topological polar surface area (TPSA) is 113 Å². The number of benzene rings is 2. The number of halogens is 1. The largest absolute Gasteiger partial charge is 0.489 e. The molecule has 0 radical (unpaired) electrons. The van der Waals surface area contributed by atoms with Crippen LogP contribution in [0, 0.1) is 11.3 Å². The Morgan fingerprint density at radius 2 is 1.88 bits per heavy atom. The summed E-state index contributed by atoms with van der Waals surface area (Å²) in [6, 6.07) is 15.3. The molecule has 9 heteroatoms. The van der Waals surface area contributed by atoms with E-state index in [1.807, 2.05) is 18.2 Å².